The van der Waals surface area contributed by atoms with Crippen molar-refractivity contribution < 1.29 is 9.53 Å². The van der Waals surface area contributed by atoms with E-state index in [2.05, 4.69) is 24.5 Å². The van der Waals surface area contributed by atoms with E-state index < -0.39 is 0 Å². The molecule has 2 fully saturated rings. The molecule has 2 N–H and O–H groups in total. The Labute approximate surface area is 103 Å². The summed E-state index contributed by atoms with van der Waals surface area (Å²) in [6, 6.07) is 0.943. The van der Waals surface area contributed by atoms with Crippen molar-refractivity contribution in [3.63, 3.8) is 0 Å². The average molecular weight is 240 g/mol. The molecule has 0 spiro atoms. The first-order chi connectivity index (χ1) is 8.04. The summed E-state index contributed by atoms with van der Waals surface area (Å²) < 4.78 is 5.72. The monoisotopic (exact) mass is 240 g/mol. The van der Waals surface area contributed by atoms with Gasteiger partial charge in [0.15, 0.2) is 0 Å². The minimum atomic E-state index is 0.183. The van der Waals surface area contributed by atoms with Gasteiger partial charge in [-0.1, -0.05) is 13.8 Å². The maximum Gasteiger partial charge on any atom is 0.220 e. The highest BCUT2D eigenvalue weighted by atomic mass is 16.5. The zero-order valence-corrected chi connectivity index (χ0v) is 11.1. The summed E-state index contributed by atoms with van der Waals surface area (Å²) in [4.78, 5) is 11.1. The van der Waals surface area contributed by atoms with Crippen LogP contribution in [0.15, 0.2) is 0 Å². The van der Waals surface area contributed by atoms with Gasteiger partial charge in [0.25, 0.3) is 0 Å². The number of carbonyl (C=O) groups excluding carboxylic acids is 1. The zero-order valence-electron chi connectivity index (χ0n) is 11.1. The van der Waals surface area contributed by atoms with E-state index in [1.54, 1.807) is 0 Å². The van der Waals surface area contributed by atoms with Crippen LogP contribution in [0.4, 0.5) is 0 Å². The number of rotatable bonds is 4. The fourth-order valence-corrected chi connectivity index (χ4v) is 2.81. The van der Waals surface area contributed by atoms with Crippen LogP contribution < -0.4 is 10.6 Å². The Kier molecular flexibility index (Phi) is 3.73. The van der Waals surface area contributed by atoms with Gasteiger partial charge in [-0.2, -0.15) is 0 Å². The van der Waals surface area contributed by atoms with Gasteiger partial charge in [0.05, 0.1) is 6.10 Å². The van der Waals surface area contributed by atoms with E-state index in [1.807, 2.05) is 6.92 Å². The summed E-state index contributed by atoms with van der Waals surface area (Å²) in [5.74, 6) is 0.183. The van der Waals surface area contributed by atoms with Crippen LogP contribution in [-0.2, 0) is 9.53 Å². The Morgan fingerprint density at radius 3 is 2.82 bits per heavy atom. The normalized spacial score (nSPS) is 36.2. The predicted molar refractivity (Wildman–Crippen MR) is 66.8 cm³/mol. The molecule has 0 aromatic carbocycles. The molecule has 0 aromatic heterocycles. The van der Waals surface area contributed by atoms with Crippen LogP contribution in [0.3, 0.4) is 0 Å². The van der Waals surface area contributed by atoms with Crippen molar-refractivity contribution in [2.75, 3.05) is 13.2 Å². The second-order valence-electron chi connectivity index (χ2n) is 5.76. The molecular formula is C13H24N2O2. The van der Waals surface area contributed by atoms with Gasteiger partial charge in [-0.3, -0.25) is 4.79 Å². The van der Waals surface area contributed by atoms with Crippen molar-refractivity contribution in [3.8, 4) is 0 Å². The highest BCUT2D eigenvalue weighted by Crippen LogP contribution is 2.43. The quantitative estimate of drug-likeness (QED) is 0.772. The van der Waals surface area contributed by atoms with Gasteiger partial charge in [-0.25, -0.2) is 0 Å². The van der Waals surface area contributed by atoms with Crippen LogP contribution in [0.1, 0.15) is 40.0 Å². The number of piperidine rings is 1. The summed E-state index contributed by atoms with van der Waals surface area (Å²) in [6.45, 7) is 8.13. The van der Waals surface area contributed by atoms with Gasteiger partial charge in [0, 0.05) is 37.1 Å². The lowest BCUT2D eigenvalue weighted by Gasteiger charge is -2.53. The summed E-state index contributed by atoms with van der Waals surface area (Å²) >= 11 is 0. The number of ether oxygens (including phenoxy) is 1. The van der Waals surface area contributed by atoms with Crippen molar-refractivity contribution in [3.05, 3.63) is 0 Å². The Morgan fingerprint density at radius 1 is 1.53 bits per heavy atom. The van der Waals surface area contributed by atoms with Crippen LogP contribution in [0, 0.1) is 5.41 Å². The lowest BCUT2D eigenvalue weighted by molar-refractivity contribution is -0.125. The number of carbonyl (C=O) groups is 1. The van der Waals surface area contributed by atoms with E-state index in [0.29, 0.717) is 24.6 Å². The number of amides is 1. The van der Waals surface area contributed by atoms with Crippen LogP contribution in [-0.4, -0.2) is 37.2 Å². The van der Waals surface area contributed by atoms with Crippen molar-refractivity contribution >= 4 is 5.91 Å². The smallest absolute Gasteiger partial charge is 0.220 e. The molecule has 3 unspecified atom stereocenters. The predicted octanol–water partition coefficient (Wildman–Crippen LogP) is 1.06. The fraction of sp³-hybridized carbons (Fsp3) is 0.923. The molecule has 1 amide bonds. The van der Waals surface area contributed by atoms with Gasteiger partial charge in [0.1, 0.15) is 0 Å². The minimum absolute atomic E-state index is 0.183. The first kappa shape index (κ1) is 12.8. The Balaban J connectivity index is 1.79. The maximum absolute atomic E-state index is 11.1. The molecule has 4 heteroatoms. The third-order valence-electron chi connectivity index (χ3n) is 4.25. The van der Waals surface area contributed by atoms with E-state index in [9.17, 15) is 4.79 Å². The van der Waals surface area contributed by atoms with E-state index in [-0.39, 0.29) is 11.3 Å². The molecule has 1 aliphatic carbocycles. The van der Waals surface area contributed by atoms with E-state index >= 15 is 0 Å². The van der Waals surface area contributed by atoms with Crippen molar-refractivity contribution in [2.24, 2.45) is 5.41 Å². The Hall–Kier alpha value is -0.610. The molecule has 98 valence electrons. The average Bonchev–Trinajstić information content (AvgIpc) is 2.30. The molecule has 0 bridgehead atoms. The van der Waals surface area contributed by atoms with Gasteiger partial charge >= 0.3 is 0 Å². The highest BCUT2D eigenvalue weighted by Gasteiger charge is 2.49. The van der Waals surface area contributed by atoms with Crippen molar-refractivity contribution in [1.29, 1.82) is 0 Å². The SMILES string of the molecule is CCOC1CC(NC2CCC(=O)NC2)C1(C)C. The molecule has 4 nitrogen and oxygen atoms in total. The molecule has 3 atom stereocenters. The standard InChI is InChI=1S/C13H24N2O2/c1-4-17-11-7-10(13(11,2)3)15-9-5-6-12(16)14-8-9/h9-11,15H,4-8H2,1-3H3,(H,14,16). The second-order valence-corrected chi connectivity index (χ2v) is 5.76. The van der Waals surface area contributed by atoms with E-state index in [1.165, 1.54) is 0 Å². The van der Waals surface area contributed by atoms with Gasteiger partial charge in [-0.05, 0) is 19.8 Å². The zero-order chi connectivity index (χ0) is 12.5. The number of nitrogens with one attached hydrogen (secondary N) is 2. The summed E-state index contributed by atoms with van der Waals surface area (Å²) in [5.41, 5.74) is 0.206. The Morgan fingerprint density at radius 2 is 2.29 bits per heavy atom. The molecule has 2 rings (SSSR count). The third-order valence-corrected chi connectivity index (χ3v) is 4.25. The molecule has 1 saturated heterocycles. The van der Waals surface area contributed by atoms with Crippen LogP contribution in [0.25, 0.3) is 0 Å². The summed E-state index contributed by atoms with van der Waals surface area (Å²) in [6.07, 6.45) is 3.08. The molecule has 1 aliphatic heterocycles. The topological polar surface area (TPSA) is 50.4 Å². The van der Waals surface area contributed by atoms with E-state index in [4.69, 9.17) is 4.74 Å². The number of hydrogen-bond acceptors (Lipinski definition) is 3. The van der Waals surface area contributed by atoms with Crippen molar-refractivity contribution in [1.82, 2.24) is 10.6 Å². The van der Waals surface area contributed by atoms with Crippen LogP contribution >= 0.6 is 0 Å². The lowest BCUT2D eigenvalue weighted by Crippen LogP contribution is -2.64. The highest BCUT2D eigenvalue weighted by molar-refractivity contribution is 5.76. The molecule has 0 aromatic rings. The summed E-state index contributed by atoms with van der Waals surface area (Å²) in [7, 11) is 0. The molecular weight excluding hydrogens is 216 g/mol. The molecule has 0 radical (unpaired) electrons. The van der Waals surface area contributed by atoms with Gasteiger partial charge in [-0.15, -0.1) is 0 Å². The minimum Gasteiger partial charge on any atom is -0.378 e. The van der Waals surface area contributed by atoms with Crippen LogP contribution in [0.2, 0.25) is 0 Å². The number of hydrogen-bond donors (Lipinski definition) is 2. The van der Waals surface area contributed by atoms with Crippen molar-refractivity contribution in [2.45, 2.75) is 58.2 Å². The lowest BCUT2D eigenvalue weighted by atomic mass is 9.64. The first-order valence-electron chi connectivity index (χ1n) is 6.68. The largest absolute Gasteiger partial charge is 0.378 e. The fourth-order valence-electron chi connectivity index (χ4n) is 2.81. The Bertz CT molecular complexity index is 281. The second kappa shape index (κ2) is 4.94. The molecule has 2 aliphatic rings. The molecule has 1 heterocycles. The van der Waals surface area contributed by atoms with Gasteiger partial charge in [0.2, 0.25) is 5.91 Å². The van der Waals surface area contributed by atoms with E-state index in [0.717, 1.165) is 26.0 Å². The molecule has 1 saturated carbocycles. The van der Waals surface area contributed by atoms with Gasteiger partial charge < -0.3 is 15.4 Å². The third kappa shape index (κ3) is 2.63. The van der Waals surface area contributed by atoms with Crippen LogP contribution in [0.5, 0.6) is 0 Å². The maximum atomic E-state index is 11.1. The summed E-state index contributed by atoms with van der Waals surface area (Å²) in [5, 5.41) is 6.58. The first-order valence-corrected chi connectivity index (χ1v) is 6.68. The molecule has 17 heavy (non-hydrogen) atoms.